The average molecular weight is 219 g/mol. The van der Waals surface area contributed by atoms with Crippen LogP contribution in [0, 0.1) is 10.8 Å². The smallest absolute Gasteiger partial charge is 0.0533 e. The molecule has 0 bridgehead atoms. The van der Waals surface area contributed by atoms with Crippen LogP contribution in [0.1, 0.15) is 46.5 Å². The zero-order valence-electron chi connectivity index (χ0n) is 9.74. The van der Waals surface area contributed by atoms with Gasteiger partial charge in [-0.3, -0.25) is 0 Å². The van der Waals surface area contributed by atoms with Gasteiger partial charge in [0.05, 0.1) is 6.61 Å². The molecule has 1 aliphatic heterocycles. The standard InChI is InChI=1S/C12H23ClO/c1-11(2,3)6-7-12(9-13)5-4-8-14-10-12/h4-10H2,1-3H3. The number of hydrogen-bond donors (Lipinski definition) is 0. The first-order valence-corrected chi connectivity index (χ1v) is 6.15. The van der Waals surface area contributed by atoms with Gasteiger partial charge in [-0.05, 0) is 31.1 Å². The first-order chi connectivity index (χ1) is 6.47. The molecule has 0 saturated carbocycles. The molecule has 1 saturated heterocycles. The fraction of sp³-hybridized carbons (Fsp3) is 1.00. The summed E-state index contributed by atoms with van der Waals surface area (Å²) >= 11 is 6.09. The molecule has 0 aromatic rings. The molecular weight excluding hydrogens is 196 g/mol. The Hall–Kier alpha value is 0.250. The molecule has 84 valence electrons. The molecular formula is C12H23ClO. The number of rotatable bonds is 3. The Morgan fingerprint density at radius 1 is 1.36 bits per heavy atom. The lowest BCUT2D eigenvalue weighted by atomic mass is 9.76. The molecule has 1 nitrogen and oxygen atoms in total. The van der Waals surface area contributed by atoms with Crippen LogP contribution >= 0.6 is 11.6 Å². The summed E-state index contributed by atoms with van der Waals surface area (Å²) in [6.07, 6.45) is 4.87. The van der Waals surface area contributed by atoms with E-state index in [4.69, 9.17) is 16.3 Å². The highest BCUT2D eigenvalue weighted by atomic mass is 35.5. The van der Waals surface area contributed by atoms with Crippen molar-refractivity contribution >= 4 is 11.6 Å². The van der Waals surface area contributed by atoms with Crippen LogP contribution in [0.15, 0.2) is 0 Å². The molecule has 1 rings (SSSR count). The minimum atomic E-state index is 0.271. The summed E-state index contributed by atoms with van der Waals surface area (Å²) in [5.41, 5.74) is 0.684. The van der Waals surface area contributed by atoms with Crippen molar-refractivity contribution in [1.29, 1.82) is 0 Å². The van der Waals surface area contributed by atoms with Gasteiger partial charge in [-0.25, -0.2) is 0 Å². The molecule has 1 aliphatic rings. The zero-order valence-corrected chi connectivity index (χ0v) is 10.5. The lowest BCUT2D eigenvalue weighted by Crippen LogP contribution is -2.34. The average Bonchev–Trinajstić information content (AvgIpc) is 2.15. The van der Waals surface area contributed by atoms with Gasteiger partial charge in [0.2, 0.25) is 0 Å². The van der Waals surface area contributed by atoms with E-state index in [0.29, 0.717) is 5.41 Å². The van der Waals surface area contributed by atoms with Gasteiger partial charge in [-0.15, -0.1) is 11.6 Å². The number of alkyl halides is 1. The van der Waals surface area contributed by atoms with E-state index in [1.165, 1.54) is 25.7 Å². The molecule has 1 atom stereocenters. The monoisotopic (exact) mass is 218 g/mol. The van der Waals surface area contributed by atoms with Gasteiger partial charge in [0, 0.05) is 17.9 Å². The summed E-state index contributed by atoms with van der Waals surface area (Å²) < 4.78 is 5.56. The summed E-state index contributed by atoms with van der Waals surface area (Å²) in [5, 5.41) is 0. The van der Waals surface area contributed by atoms with Crippen LogP contribution in [-0.4, -0.2) is 19.1 Å². The molecule has 0 aromatic carbocycles. The van der Waals surface area contributed by atoms with E-state index >= 15 is 0 Å². The van der Waals surface area contributed by atoms with Crippen LogP contribution in [0.25, 0.3) is 0 Å². The van der Waals surface area contributed by atoms with E-state index in [0.717, 1.165) is 19.1 Å². The molecule has 0 amide bonds. The summed E-state index contributed by atoms with van der Waals surface area (Å²) in [6, 6.07) is 0. The van der Waals surface area contributed by atoms with Crippen LogP contribution < -0.4 is 0 Å². The van der Waals surface area contributed by atoms with E-state index < -0.39 is 0 Å². The number of ether oxygens (including phenoxy) is 1. The molecule has 14 heavy (non-hydrogen) atoms. The third-order valence-corrected chi connectivity index (χ3v) is 3.66. The highest BCUT2D eigenvalue weighted by molar-refractivity contribution is 6.18. The first-order valence-electron chi connectivity index (χ1n) is 5.61. The summed E-state index contributed by atoms with van der Waals surface area (Å²) in [7, 11) is 0. The Morgan fingerprint density at radius 2 is 2.07 bits per heavy atom. The molecule has 0 aliphatic carbocycles. The maximum Gasteiger partial charge on any atom is 0.0533 e. The van der Waals surface area contributed by atoms with Crippen molar-refractivity contribution in [2.75, 3.05) is 19.1 Å². The second-order valence-electron chi connectivity index (χ2n) is 5.85. The Kier molecular flexibility index (Phi) is 4.27. The highest BCUT2D eigenvalue weighted by Gasteiger charge is 2.32. The fourth-order valence-electron chi connectivity index (χ4n) is 1.92. The predicted octanol–water partition coefficient (Wildman–Crippen LogP) is 3.85. The van der Waals surface area contributed by atoms with Crippen molar-refractivity contribution in [2.45, 2.75) is 46.5 Å². The van der Waals surface area contributed by atoms with Gasteiger partial charge in [-0.2, -0.15) is 0 Å². The van der Waals surface area contributed by atoms with Gasteiger partial charge in [0.1, 0.15) is 0 Å². The minimum absolute atomic E-state index is 0.271. The van der Waals surface area contributed by atoms with Crippen molar-refractivity contribution in [3.05, 3.63) is 0 Å². The van der Waals surface area contributed by atoms with Gasteiger partial charge >= 0.3 is 0 Å². The van der Waals surface area contributed by atoms with Gasteiger partial charge in [0.15, 0.2) is 0 Å². The van der Waals surface area contributed by atoms with E-state index in [2.05, 4.69) is 20.8 Å². The van der Waals surface area contributed by atoms with E-state index in [-0.39, 0.29) is 5.41 Å². The molecule has 1 fully saturated rings. The Morgan fingerprint density at radius 3 is 2.50 bits per heavy atom. The quantitative estimate of drug-likeness (QED) is 0.654. The Labute approximate surface area is 93.2 Å². The van der Waals surface area contributed by atoms with Crippen molar-refractivity contribution < 1.29 is 4.74 Å². The second kappa shape index (κ2) is 4.85. The van der Waals surface area contributed by atoms with Crippen LogP contribution in [0.2, 0.25) is 0 Å². The molecule has 0 radical (unpaired) electrons. The summed E-state index contributed by atoms with van der Waals surface area (Å²) in [6.45, 7) is 8.66. The molecule has 1 unspecified atom stereocenters. The van der Waals surface area contributed by atoms with Crippen LogP contribution in [-0.2, 0) is 4.74 Å². The minimum Gasteiger partial charge on any atom is -0.381 e. The van der Waals surface area contributed by atoms with Crippen molar-refractivity contribution in [2.24, 2.45) is 10.8 Å². The molecule has 2 heteroatoms. The zero-order chi connectivity index (χ0) is 10.7. The van der Waals surface area contributed by atoms with Crippen LogP contribution in [0.3, 0.4) is 0 Å². The van der Waals surface area contributed by atoms with Crippen molar-refractivity contribution in [3.8, 4) is 0 Å². The lowest BCUT2D eigenvalue weighted by Gasteiger charge is -2.37. The third kappa shape index (κ3) is 3.78. The lowest BCUT2D eigenvalue weighted by molar-refractivity contribution is -0.00503. The first kappa shape index (κ1) is 12.3. The molecule has 0 spiro atoms. The van der Waals surface area contributed by atoms with Gasteiger partial charge in [-0.1, -0.05) is 20.8 Å². The van der Waals surface area contributed by atoms with E-state index in [1.54, 1.807) is 0 Å². The molecule has 0 N–H and O–H groups in total. The van der Waals surface area contributed by atoms with E-state index in [9.17, 15) is 0 Å². The maximum absolute atomic E-state index is 6.09. The SMILES string of the molecule is CC(C)(C)CCC1(CCl)CCCOC1. The number of halogens is 1. The topological polar surface area (TPSA) is 9.23 Å². The van der Waals surface area contributed by atoms with Crippen LogP contribution in [0.5, 0.6) is 0 Å². The van der Waals surface area contributed by atoms with Crippen molar-refractivity contribution in [1.82, 2.24) is 0 Å². The largest absolute Gasteiger partial charge is 0.381 e. The predicted molar refractivity (Wildman–Crippen MR) is 61.9 cm³/mol. The van der Waals surface area contributed by atoms with Crippen LogP contribution in [0.4, 0.5) is 0 Å². The van der Waals surface area contributed by atoms with E-state index in [1.807, 2.05) is 0 Å². The maximum atomic E-state index is 6.09. The summed E-state index contributed by atoms with van der Waals surface area (Å²) in [4.78, 5) is 0. The number of hydrogen-bond acceptors (Lipinski definition) is 1. The van der Waals surface area contributed by atoms with Gasteiger partial charge < -0.3 is 4.74 Å². The second-order valence-corrected chi connectivity index (χ2v) is 6.12. The van der Waals surface area contributed by atoms with Gasteiger partial charge in [0.25, 0.3) is 0 Å². The summed E-state index contributed by atoms with van der Waals surface area (Å²) in [5.74, 6) is 0.753. The fourth-order valence-corrected chi connectivity index (χ4v) is 2.26. The Bertz CT molecular complexity index is 166. The molecule has 1 heterocycles. The van der Waals surface area contributed by atoms with Crippen molar-refractivity contribution in [3.63, 3.8) is 0 Å². The highest BCUT2D eigenvalue weighted by Crippen LogP contribution is 2.38. The normalized spacial score (nSPS) is 29.1. The third-order valence-electron chi connectivity index (χ3n) is 3.09. The molecule has 0 aromatic heterocycles. The Balaban J connectivity index is 2.44.